The quantitative estimate of drug-likeness (QED) is 0.796. The largest absolute Gasteiger partial charge is 0.378 e. The number of halogens is 1. The number of rotatable bonds is 3. The van der Waals surface area contributed by atoms with Gasteiger partial charge in [-0.05, 0) is 23.3 Å². The molecular formula is C14H14FNO. The Balaban J connectivity index is 2.39. The Hall–Kier alpha value is -1.71. The Labute approximate surface area is 99.5 Å². The van der Waals surface area contributed by atoms with Gasteiger partial charge in [0, 0.05) is 5.92 Å². The van der Waals surface area contributed by atoms with Gasteiger partial charge in [-0.3, -0.25) is 0 Å². The summed E-state index contributed by atoms with van der Waals surface area (Å²) < 4.78 is 12.9. The van der Waals surface area contributed by atoms with Crippen molar-refractivity contribution in [3.05, 3.63) is 71.5 Å². The van der Waals surface area contributed by atoms with Gasteiger partial charge in [0.15, 0.2) is 0 Å². The highest BCUT2D eigenvalue weighted by molar-refractivity contribution is 5.33. The molecule has 0 aromatic heterocycles. The second-order valence-electron chi connectivity index (χ2n) is 3.93. The van der Waals surface area contributed by atoms with Crippen molar-refractivity contribution in [1.29, 1.82) is 0 Å². The first-order chi connectivity index (χ1) is 8.18. The molecule has 2 aromatic carbocycles. The minimum atomic E-state index is -1.01. The molecule has 3 heteroatoms. The molecule has 0 heterocycles. The first kappa shape index (κ1) is 11.8. The third-order valence-electron chi connectivity index (χ3n) is 2.73. The number of hydrogen-bond acceptors (Lipinski definition) is 2. The van der Waals surface area contributed by atoms with Crippen LogP contribution in [0.1, 0.15) is 17.0 Å². The lowest BCUT2D eigenvalue weighted by Gasteiger charge is -2.20. The van der Waals surface area contributed by atoms with Crippen LogP contribution in [0.25, 0.3) is 0 Å². The summed E-state index contributed by atoms with van der Waals surface area (Å²) in [6.45, 7) is 0. The number of hydrogen-bond donors (Lipinski definition) is 2. The molecule has 0 aliphatic carbocycles. The molecule has 0 saturated carbocycles. The van der Waals surface area contributed by atoms with Crippen molar-refractivity contribution in [3.63, 3.8) is 0 Å². The molecule has 0 aliphatic heterocycles. The standard InChI is InChI=1S/C14H14FNO/c15-12-8-6-11(7-9-12)13(14(16)17)10-4-2-1-3-5-10/h1-9,13-14,17H,16H2. The first-order valence-corrected chi connectivity index (χ1v) is 5.42. The Bertz CT molecular complexity index is 467. The number of aliphatic hydroxyl groups excluding tert-OH is 1. The summed E-state index contributed by atoms with van der Waals surface area (Å²) in [6, 6.07) is 15.5. The van der Waals surface area contributed by atoms with E-state index >= 15 is 0 Å². The monoisotopic (exact) mass is 231 g/mol. The molecule has 3 N–H and O–H groups in total. The third kappa shape index (κ3) is 2.70. The third-order valence-corrected chi connectivity index (χ3v) is 2.73. The van der Waals surface area contributed by atoms with E-state index in [1.165, 1.54) is 12.1 Å². The topological polar surface area (TPSA) is 46.2 Å². The minimum Gasteiger partial charge on any atom is -0.378 e. The highest BCUT2D eigenvalue weighted by Gasteiger charge is 2.19. The molecule has 0 spiro atoms. The van der Waals surface area contributed by atoms with Crippen LogP contribution in [0.15, 0.2) is 54.6 Å². The Kier molecular flexibility index (Phi) is 3.52. The molecule has 17 heavy (non-hydrogen) atoms. The maximum atomic E-state index is 12.9. The molecule has 2 rings (SSSR count). The summed E-state index contributed by atoms with van der Waals surface area (Å²) in [5.41, 5.74) is 7.31. The molecule has 0 aliphatic rings. The molecule has 2 atom stereocenters. The highest BCUT2D eigenvalue weighted by atomic mass is 19.1. The van der Waals surface area contributed by atoms with E-state index in [2.05, 4.69) is 0 Å². The predicted octanol–water partition coefficient (Wildman–Crippen LogP) is 2.23. The van der Waals surface area contributed by atoms with Crippen molar-refractivity contribution in [2.24, 2.45) is 5.73 Å². The lowest BCUT2D eigenvalue weighted by atomic mass is 9.90. The molecule has 0 fully saturated rings. The molecular weight excluding hydrogens is 217 g/mol. The molecule has 88 valence electrons. The summed E-state index contributed by atoms with van der Waals surface area (Å²) in [5.74, 6) is -0.635. The van der Waals surface area contributed by atoms with Gasteiger partial charge in [-0.15, -0.1) is 0 Å². The number of nitrogens with two attached hydrogens (primary N) is 1. The van der Waals surface area contributed by atoms with Crippen LogP contribution in [0.2, 0.25) is 0 Å². The fourth-order valence-corrected chi connectivity index (χ4v) is 1.92. The van der Waals surface area contributed by atoms with Gasteiger partial charge >= 0.3 is 0 Å². The van der Waals surface area contributed by atoms with Crippen LogP contribution in [0, 0.1) is 5.82 Å². The fraction of sp³-hybridized carbons (Fsp3) is 0.143. The number of aliphatic hydroxyl groups is 1. The van der Waals surface area contributed by atoms with Gasteiger partial charge in [0.25, 0.3) is 0 Å². The summed E-state index contributed by atoms with van der Waals surface area (Å²) in [5, 5.41) is 9.67. The summed E-state index contributed by atoms with van der Waals surface area (Å²) in [7, 11) is 0. The van der Waals surface area contributed by atoms with Crippen LogP contribution in [-0.2, 0) is 0 Å². The van der Waals surface area contributed by atoms with E-state index in [4.69, 9.17) is 5.73 Å². The van der Waals surface area contributed by atoms with Crippen molar-refractivity contribution in [2.45, 2.75) is 12.1 Å². The molecule has 2 unspecified atom stereocenters. The second kappa shape index (κ2) is 5.08. The zero-order valence-electron chi connectivity index (χ0n) is 9.25. The zero-order chi connectivity index (χ0) is 12.3. The van der Waals surface area contributed by atoms with Crippen LogP contribution in [0.5, 0.6) is 0 Å². The number of benzene rings is 2. The van der Waals surface area contributed by atoms with E-state index in [-0.39, 0.29) is 11.7 Å². The second-order valence-corrected chi connectivity index (χ2v) is 3.93. The van der Waals surface area contributed by atoms with Crippen molar-refractivity contribution < 1.29 is 9.50 Å². The average Bonchev–Trinajstić information content (AvgIpc) is 2.33. The summed E-state index contributed by atoms with van der Waals surface area (Å²) in [6.07, 6.45) is -1.01. The van der Waals surface area contributed by atoms with Crippen LogP contribution in [-0.4, -0.2) is 11.3 Å². The molecule has 0 saturated heterocycles. The molecule has 2 aromatic rings. The zero-order valence-corrected chi connectivity index (χ0v) is 9.25. The molecule has 2 nitrogen and oxygen atoms in total. The van der Waals surface area contributed by atoms with E-state index < -0.39 is 6.23 Å². The van der Waals surface area contributed by atoms with Crippen LogP contribution in [0.4, 0.5) is 4.39 Å². The van der Waals surface area contributed by atoms with Gasteiger partial charge in [0.1, 0.15) is 12.0 Å². The van der Waals surface area contributed by atoms with Gasteiger partial charge in [-0.2, -0.15) is 0 Å². The predicted molar refractivity (Wildman–Crippen MR) is 64.9 cm³/mol. The Morgan fingerprint density at radius 1 is 0.882 bits per heavy atom. The van der Waals surface area contributed by atoms with E-state index in [1.54, 1.807) is 12.1 Å². The van der Waals surface area contributed by atoms with Crippen molar-refractivity contribution in [1.82, 2.24) is 0 Å². The maximum absolute atomic E-state index is 12.9. The van der Waals surface area contributed by atoms with Gasteiger partial charge in [0.2, 0.25) is 0 Å². The van der Waals surface area contributed by atoms with Gasteiger partial charge in [-0.1, -0.05) is 42.5 Å². The van der Waals surface area contributed by atoms with Crippen molar-refractivity contribution in [2.75, 3.05) is 0 Å². The first-order valence-electron chi connectivity index (χ1n) is 5.42. The van der Waals surface area contributed by atoms with Gasteiger partial charge < -0.3 is 10.8 Å². The lowest BCUT2D eigenvalue weighted by molar-refractivity contribution is 0.164. The fourth-order valence-electron chi connectivity index (χ4n) is 1.92. The van der Waals surface area contributed by atoms with Crippen LogP contribution >= 0.6 is 0 Å². The van der Waals surface area contributed by atoms with Crippen LogP contribution < -0.4 is 5.73 Å². The van der Waals surface area contributed by atoms with Gasteiger partial charge in [0.05, 0.1) is 0 Å². The van der Waals surface area contributed by atoms with Crippen molar-refractivity contribution >= 4 is 0 Å². The van der Waals surface area contributed by atoms with E-state index in [0.29, 0.717) is 0 Å². The smallest absolute Gasteiger partial charge is 0.123 e. The Morgan fingerprint density at radius 3 is 1.94 bits per heavy atom. The molecule has 0 amide bonds. The lowest BCUT2D eigenvalue weighted by Crippen LogP contribution is -2.28. The van der Waals surface area contributed by atoms with Crippen LogP contribution in [0.3, 0.4) is 0 Å². The van der Waals surface area contributed by atoms with E-state index in [9.17, 15) is 9.50 Å². The summed E-state index contributed by atoms with van der Waals surface area (Å²) >= 11 is 0. The summed E-state index contributed by atoms with van der Waals surface area (Å²) in [4.78, 5) is 0. The minimum absolute atomic E-state index is 0.299. The average molecular weight is 231 g/mol. The SMILES string of the molecule is NC(O)C(c1ccccc1)c1ccc(F)cc1. The van der Waals surface area contributed by atoms with E-state index in [1.807, 2.05) is 30.3 Å². The highest BCUT2D eigenvalue weighted by Crippen LogP contribution is 2.26. The normalized spacial score (nSPS) is 14.3. The van der Waals surface area contributed by atoms with Gasteiger partial charge in [-0.25, -0.2) is 4.39 Å². The van der Waals surface area contributed by atoms with Crippen molar-refractivity contribution in [3.8, 4) is 0 Å². The Morgan fingerprint density at radius 2 is 1.41 bits per heavy atom. The maximum Gasteiger partial charge on any atom is 0.123 e. The van der Waals surface area contributed by atoms with E-state index in [0.717, 1.165) is 11.1 Å². The molecule has 0 bridgehead atoms. The molecule has 0 radical (unpaired) electrons.